The molecule has 0 amide bonds. The Morgan fingerprint density at radius 3 is 2.51 bits per heavy atom. The maximum absolute atomic E-state index is 15.3. The molecule has 0 radical (unpaired) electrons. The van der Waals surface area contributed by atoms with Gasteiger partial charge in [-0.2, -0.15) is 0 Å². The normalized spacial score (nSPS) is 19.7. The van der Waals surface area contributed by atoms with Crippen molar-refractivity contribution in [2.24, 2.45) is 11.1 Å². The largest absolute Gasteiger partial charge is 0.497 e. The predicted octanol–water partition coefficient (Wildman–Crippen LogP) is 3.90. The fourth-order valence-corrected chi connectivity index (χ4v) is 6.07. The van der Waals surface area contributed by atoms with E-state index >= 15 is 4.39 Å². The van der Waals surface area contributed by atoms with E-state index in [-0.39, 0.29) is 22.9 Å². The van der Waals surface area contributed by atoms with Crippen LogP contribution < -0.4 is 15.1 Å². The summed E-state index contributed by atoms with van der Waals surface area (Å²) in [5.41, 5.74) is 2.44. The molecule has 2 aliphatic carbocycles. The molecule has 204 valence electrons. The Hall–Kier alpha value is -4.08. The molecule has 0 bridgehead atoms. The number of aromatic nitrogens is 1. The summed E-state index contributed by atoms with van der Waals surface area (Å²) in [6.45, 7) is 2.16. The zero-order chi connectivity index (χ0) is 27.3. The smallest absolute Gasteiger partial charge is 0.341 e. The number of carboxylic acids is 1. The van der Waals surface area contributed by atoms with Crippen LogP contribution in [0.15, 0.2) is 46.5 Å². The van der Waals surface area contributed by atoms with Crippen LogP contribution >= 0.6 is 0 Å². The average Bonchev–Trinajstić information content (AvgIpc) is 3.79. The summed E-state index contributed by atoms with van der Waals surface area (Å²) in [5.74, 6) is -0.250. The number of aromatic carboxylic acids is 1. The van der Waals surface area contributed by atoms with Gasteiger partial charge in [0.2, 0.25) is 5.43 Å². The highest BCUT2D eigenvalue weighted by atomic mass is 19.1. The second kappa shape index (κ2) is 9.91. The average molecular weight is 535 g/mol. The Morgan fingerprint density at radius 2 is 1.85 bits per heavy atom. The number of piperazine rings is 1. The number of oxime groups is 1. The predicted molar refractivity (Wildman–Crippen MR) is 145 cm³/mol. The molecule has 1 saturated heterocycles. The van der Waals surface area contributed by atoms with E-state index in [1.165, 1.54) is 23.4 Å². The molecule has 10 heteroatoms. The zero-order valence-corrected chi connectivity index (χ0v) is 21.8. The first-order chi connectivity index (χ1) is 18.9. The van der Waals surface area contributed by atoms with E-state index in [1.54, 1.807) is 13.2 Å². The first kappa shape index (κ1) is 25.2. The fourth-order valence-electron chi connectivity index (χ4n) is 6.07. The third kappa shape index (κ3) is 4.57. The number of amidine groups is 1. The van der Waals surface area contributed by atoms with Gasteiger partial charge >= 0.3 is 5.97 Å². The molecule has 1 atom stereocenters. The zero-order valence-electron chi connectivity index (χ0n) is 21.8. The lowest BCUT2D eigenvalue weighted by Crippen LogP contribution is -2.51. The number of benzene rings is 2. The van der Waals surface area contributed by atoms with Crippen molar-refractivity contribution in [1.82, 2.24) is 9.47 Å². The summed E-state index contributed by atoms with van der Waals surface area (Å²) in [5, 5.41) is 23.2. The molecule has 2 aromatic carbocycles. The lowest BCUT2D eigenvalue weighted by molar-refractivity contribution is 0.0695. The number of rotatable bonds is 5. The highest BCUT2D eigenvalue weighted by molar-refractivity contribution is 5.93. The number of ether oxygens (including phenoxy) is 1. The van der Waals surface area contributed by atoms with Gasteiger partial charge in [0, 0.05) is 49.7 Å². The van der Waals surface area contributed by atoms with Gasteiger partial charge in [0.15, 0.2) is 0 Å². The highest BCUT2D eigenvalue weighted by Crippen LogP contribution is 2.38. The number of fused-ring (bicyclic) bond motifs is 2. The summed E-state index contributed by atoms with van der Waals surface area (Å²) in [6.07, 6.45) is 5.72. The van der Waals surface area contributed by atoms with Crippen LogP contribution in [0.4, 0.5) is 10.1 Å². The maximum Gasteiger partial charge on any atom is 0.341 e. The molecule has 9 nitrogen and oxygen atoms in total. The fraction of sp³-hybridized carbons (Fsp3) is 0.414. The Balaban J connectivity index is 1.21. The lowest BCUT2D eigenvalue weighted by Gasteiger charge is -2.40. The topological polar surface area (TPSA) is 108 Å². The number of nitrogens with zero attached hydrogens (tertiary/aromatic N) is 4. The van der Waals surface area contributed by atoms with Crippen molar-refractivity contribution in [2.45, 2.75) is 38.1 Å². The molecule has 2 N–H and O–H groups in total. The summed E-state index contributed by atoms with van der Waals surface area (Å²) < 4.78 is 22.5. The molecule has 1 saturated carbocycles. The van der Waals surface area contributed by atoms with Crippen LogP contribution in [0, 0.1) is 11.7 Å². The van der Waals surface area contributed by atoms with Crippen molar-refractivity contribution in [3.63, 3.8) is 0 Å². The minimum absolute atomic E-state index is 0.0894. The molecular formula is C29H31FN4O5. The first-order valence-electron chi connectivity index (χ1n) is 13.4. The van der Waals surface area contributed by atoms with Crippen LogP contribution in [0.1, 0.15) is 46.8 Å². The van der Waals surface area contributed by atoms with Gasteiger partial charge in [-0.25, -0.2) is 9.18 Å². The molecule has 1 unspecified atom stereocenters. The Bertz CT molecular complexity index is 1540. The van der Waals surface area contributed by atoms with E-state index in [1.807, 2.05) is 15.5 Å². The van der Waals surface area contributed by atoms with Gasteiger partial charge in [0.25, 0.3) is 0 Å². The molecule has 3 aliphatic rings. The van der Waals surface area contributed by atoms with Gasteiger partial charge in [0.1, 0.15) is 23.0 Å². The van der Waals surface area contributed by atoms with Crippen LogP contribution in [0.3, 0.4) is 0 Å². The number of halogens is 1. The van der Waals surface area contributed by atoms with E-state index in [0.29, 0.717) is 43.2 Å². The second-order valence-corrected chi connectivity index (χ2v) is 10.6. The summed E-state index contributed by atoms with van der Waals surface area (Å²) in [4.78, 5) is 28.4. The van der Waals surface area contributed by atoms with Crippen LogP contribution in [0.2, 0.25) is 0 Å². The monoisotopic (exact) mass is 534 g/mol. The standard InChI is InChI=1S/C29H31FN4O5/c1-39-21-7-4-17-12-19(3-2-18(17)13-21)28(31-38)33-10-8-32(9-11-33)26-15-25-22(14-24(26)30)27(35)23(29(36)37)16-34(25)20-5-6-20/h4,7,13-16,19-20,38H,2-3,5-6,8-12H2,1H3,(H,36,37). The van der Waals surface area contributed by atoms with Gasteiger partial charge in [-0.05, 0) is 67.5 Å². The van der Waals surface area contributed by atoms with E-state index in [0.717, 1.165) is 37.9 Å². The minimum atomic E-state index is -1.31. The van der Waals surface area contributed by atoms with Gasteiger partial charge in [0.05, 0.1) is 18.3 Å². The SMILES string of the molecule is COc1ccc2c(c1)CCC(C(=NO)N1CCN(c3cc4c(cc3F)c(=O)c(C(=O)O)cn4C3CC3)CC1)C2. The molecular weight excluding hydrogens is 503 g/mol. The van der Waals surface area contributed by atoms with Crippen molar-refractivity contribution >= 4 is 28.4 Å². The number of methoxy groups -OCH3 is 1. The molecule has 3 aromatic rings. The van der Waals surface area contributed by atoms with Gasteiger partial charge < -0.3 is 29.4 Å². The van der Waals surface area contributed by atoms with Gasteiger partial charge in [-0.15, -0.1) is 0 Å². The van der Waals surface area contributed by atoms with E-state index in [2.05, 4.69) is 22.2 Å². The second-order valence-electron chi connectivity index (χ2n) is 10.6. The molecule has 39 heavy (non-hydrogen) atoms. The number of anilines is 1. The minimum Gasteiger partial charge on any atom is -0.497 e. The van der Waals surface area contributed by atoms with Crippen molar-refractivity contribution in [3.05, 3.63) is 69.3 Å². The number of hydrogen-bond acceptors (Lipinski definition) is 6. The van der Waals surface area contributed by atoms with E-state index in [4.69, 9.17) is 4.74 Å². The van der Waals surface area contributed by atoms with Crippen molar-refractivity contribution in [2.75, 3.05) is 38.2 Å². The summed E-state index contributed by atoms with van der Waals surface area (Å²) in [7, 11) is 1.66. The molecule has 1 aliphatic heterocycles. The maximum atomic E-state index is 15.3. The number of pyridine rings is 1. The molecule has 0 spiro atoms. The van der Waals surface area contributed by atoms with Crippen LogP contribution in [-0.4, -0.2) is 64.9 Å². The number of carbonyl (C=O) groups is 1. The van der Waals surface area contributed by atoms with Crippen LogP contribution in [-0.2, 0) is 12.8 Å². The Morgan fingerprint density at radius 1 is 1.08 bits per heavy atom. The van der Waals surface area contributed by atoms with Crippen LogP contribution in [0.25, 0.3) is 10.9 Å². The highest BCUT2D eigenvalue weighted by Gasteiger charge is 2.31. The molecule has 2 heterocycles. The van der Waals surface area contributed by atoms with Gasteiger partial charge in [-0.3, -0.25) is 4.79 Å². The van der Waals surface area contributed by atoms with Crippen molar-refractivity contribution < 1.29 is 24.2 Å². The number of carboxylic acid groups (broad SMARTS) is 1. The number of hydrogen-bond donors (Lipinski definition) is 2. The molecule has 1 aromatic heterocycles. The third-order valence-electron chi connectivity index (χ3n) is 8.33. The number of aryl methyl sites for hydroxylation is 1. The third-order valence-corrected chi connectivity index (χ3v) is 8.33. The van der Waals surface area contributed by atoms with Gasteiger partial charge in [-0.1, -0.05) is 11.2 Å². The van der Waals surface area contributed by atoms with Crippen molar-refractivity contribution in [1.29, 1.82) is 0 Å². The van der Waals surface area contributed by atoms with E-state index < -0.39 is 17.2 Å². The lowest BCUT2D eigenvalue weighted by atomic mass is 9.82. The molecule has 2 fully saturated rings. The van der Waals surface area contributed by atoms with Crippen molar-refractivity contribution in [3.8, 4) is 5.75 Å². The van der Waals surface area contributed by atoms with E-state index in [9.17, 15) is 19.9 Å². The molecule has 6 rings (SSSR count). The quantitative estimate of drug-likeness (QED) is 0.221. The Labute approximate surface area is 224 Å². The van der Waals surface area contributed by atoms with Crippen LogP contribution in [0.5, 0.6) is 5.75 Å². The summed E-state index contributed by atoms with van der Waals surface area (Å²) in [6, 6.07) is 9.09. The summed E-state index contributed by atoms with van der Waals surface area (Å²) >= 11 is 0. The first-order valence-corrected chi connectivity index (χ1v) is 13.4. The Kier molecular flexibility index (Phi) is 6.40.